The first kappa shape index (κ1) is 37.2. The van der Waals surface area contributed by atoms with Gasteiger partial charge < -0.3 is 4.42 Å². The first-order valence-electron chi connectivity index (χ1n) is 20.9. The van der Waals surface area contributed by atoms with Crippen LogP contribution in [0, 0.1) is 0 Å². The van der Waals surface area contributed by atoms with Gasteiger partial charge in [0, 0.05) is 47.6 Å². The number of furan rings is 1. The maximum Gasteiger partial charge on any atom is 0.192 e. The number of hydrogen-bond acceptors (Lipinski definition) is 5. The van der Waals surface area contributed by atoms with Crippen LogP contribution in [-0.2, 0) is 0 Å². The van der Waals surface area contributed by atoms with Gasteiger partial charge in [-0.25, -0.2) is 15.0 Å². The Balaban J connectivity index is 1.22. The van der Waals surface area contributed by atoms with E-state index in [-0.39, 0.29) is 0 Å². The second-order valence-corrected chi connectivity index (χ2v) is 18.0. The Kier molecular flexibility index (Phi) is 8.45. The van der Waals surface area contributed by atoms with Crippen LogP contribution in [0.4, 0.5) is 0 Å². The molecule has 4 nitrogen and oxygen atoms in total. The fraction of sp³-hybridized carbons (Fsp3) is 0. The quantitative estimate of drug-likeness (QED) is 0.168. The predicted molar refractivity (Wildman–Crippen MR) is 287 cm³/mol. The summed E-state index contributed by atoms with van der Waals surface area (Å²) in [6.07, 6.45) is 0. The van der Waals surface area contributed by atoms with E-state index in [1.165, 1.54) is 102 Å². The smallest absolute Gasteiger partial charge is 0.192 e. The van der Waals surface area contributed by atoms with E-state index in [0.717, 1.165) is 46.2 Å². The number of benzene rings is 7. The number of thiophene rings is 1. The molecule has 1 aliphatic rings. The van der Waals surface area contributed by atoms with Crippen molar-refractivity contribution >= 4 is 191 Å². The highest BCUT2D eigenvalue weighted by atomic mass is 32.1. The van der Waals surface area contributed by atoms with Crippen LogP contribution in [0.5, 0.6) is 0 Å². The molecule has 4 heterocycles. The van der Waals surface area contributed by atoms with Crippen LogP contribution in [0.15, 0.2) is 101 Å². The third-order valence-corrected chi connectivity index (χ3v) is 15.2. The average molecular weight is 774 g/mol. The number of hydrogen-bond donors (Lipinski definition) is 0. The van der Waals surface area contributed by atoms with Gasteiger partial charge in [-0.2, -0.15) is 0 Å². The molecule has 0 saturated heterocycles. The number of nitrogens with zero attached hydrogens (tertiary/aromatic N) is 3. The number of rotatable bonds is 4. The minimum atomic E-state index is 0.648. The van der Waals surface area contributed by atoms with Crippen molar-refractivity contribution < 1.29 is 4.42 Å². The molecule has 0 radical (unpaired) electrons. The van der Waals surface area contributed by atoms with Crippen molar-refractivity contribution in [2.45, 2.75) is 0 Å². The first-order valence-corrected chi connectivity index (χ1v) is 21.7. The average Bonchev–Trinajstić information content (AvgIpc) is 3.81. The van der Waals surface area contributed by atoms with Gasteiger partial charge in [-0.05, 0) is 39.8 Å². The molecular formula is C45H35B10N3OS. The SMILES string of the molecule is Bc1c(B)c(B)c2c(c1B)Bc1c(B)c(-c3nc(-c4ccc(-c5ccccc5)cc4)nc(-c4cccc5c4sc4ccccc45)n3)c(B)c3oc4c(B)c(B)c(B)c-2c4c13. The van der Waals surface area contributed by atoms with E-state index in [0.29, 0.717) is 17.5 Å². The first-order chi connectivity index (χ1) is 29.0. The highest BCUT2D eigenvalue weighted by Crippen LogP contribution is 2.40. The summed E-state index contributed by atoms with van der Waals surface area (Å²) in [7, 11) is 21.3. The summed E-state index contributed by atoms with van der Waals surface area (Å²) < 4.78 is 9.60. The van der Waals surface area contributed by atoms with Gasteiger partial charge in [0.1, 0.15) is 81.8 Å². The van der Waals surface area contributed by atoms with E-state index in [2.05, 4.69) is 168 Å². The van der Waals surface area contributed by atoms with Crippen molar-refractivity contribution in [3.8, 4) is 56.4 Å². The second kappa shape index (κ2) is 13.6. The van der Waals surface area contributed by atoms with Crippen LogP contribution < -0.4 is 60.1 Å². The van der Waals surface area contributed by atoms with Gasteiger partial charge >= 0.3 is 0 Å². The monoisotopic (exact) mass is 775 g/mol. The number of aromatic nitrogens is 3. The van der Waals surface area contributed by atoms with Crippen LogP contribution in [-0.4, -0.2) is 92.8 Å². The summed E-state index contributed by atoms with van der Waals surface area (Å²) in [5.41, 5.74) is 24.1. The maximum absolute atomic E-state index is 7.17. The van der Waals surface area contributed by atoms with Crippen LogP contribution in [0.1, 0.15) is 0 Å². The molecule has 1 aliphatic heterocycles. The molecule has 0 atom stereocenters. The maximum atomic E-state index is 7.17. The molecule has 7 aromatic carbocycles. The van der Waals surface area contributed by atoms with Crippen LogP contribution >= 0.6 is 11.3 Å². The summed E-state index contributed by atoms with van der Waals surface area (Å²) in [6, 6.07) is 34.3. The second-order valence-electron chi connectivity index (χ2n) is 16.9. The van der Waals surface area contributed by atoms with Crippen LogP contribution in [0.3, 0.4) is 0 Å². The summed E-state index contributed by atoms with van der Waals surface area (Å²) in [5.74, 6) is 1.98. The van der Waals surface area contributed by atoms with Crippen molar-refractivity contribution in [2.75, 3.05) is 0 Å². The van der Waals surface area contributed by atoms with Gasteiger partial charge in [0.05, 0.1) is 0 Å². The van der Waals surface area contributed by atoms with Gasteiger partial charge in [0.2, 0.25) is 0 Å². The molecule has 0 aliphatic carbocycles. The summed E-state index contributed by atoms with van der Waals surface area (Å²) >= 11 is 1.80. The Bertz CT molecular complexity index is 3520. The normalized spacial score (nSPS) is 12.1. The minimum absolute atomic E-state index is 0.648. The lowest BCUT2D eigenvalue weighted by Gasteiger charge is -2.24. The topological polar surface area (TPSA) is 51.8 Å². The zero-order valence-electron chi connectivity index (χ0n) is 35.6. The molecular weight excluding hydrogens is 739 g/mol. The Hall–Kier alpha value is -5.78. The zero-order chi connectivity index (χ0) is 41.3. The molecule has 11 rings (SSSR count). The molecule has 0 bridgehead atoms. The molecule has 10 aromatic rings. The molecule has 0 unspecified atom stereocenters. The fourth-order valence-corrected chi connectivity index (χ4v) is 11.4. The van der Waals surface area contributed by atoms with Crippen molar-refractivity contribution in [1.82, 2.24) is 15.0 Å². The molecule has 272 valence electrons. The largest absolute Gasteiger partial charge is 0.457 e. The van der Waals surface area contributed by atoms with Gasteiger partial charge in [-0.15, -0.1) is 27.7 Å². The Morgan fingerprint density at radius 3 is 1.80 bits per heavy atom. The molecule has 0 N–H and O–H groups in total. The van der Waals surface area contributed by atoms with Crippen molar-refractivity contribution in [3.05, 3.63) is 97.1 Å². The molecule has 0 saturated carbocycles. The third-order valence-electron chi connectivity index (χ3n) is 14.0. The lowest BCUT2D eigenvalue weighted by Crippen LogP contribution is -2.59. The van der Waals surface area contributed by atoms with E-state index in [9.17, 15) is 0 Å². The standard InChI is InChI=1S/C45H35B10N3OS/c46-29-24-25-27-39(55-38-26(24)30(47)33(50)35(52)36(38)53)31(48)28(32(49)41(27)59-40(25)37(54)34(29)51)45-57-43(19-15-13-18(14-16-19)17-7-2-1-3-8-17)56-44(58-45)22-11-6-10-21-20-9-4-5-12-23(20)60-42(21)22/h1-16,55H,46-54H2. The minimum Gasteiger partial charge on any atom is -0.457 e. The van der Waals surface area contributed by atoms with Crippen LogP contribution in [0.25, 0.3) is 98.5 Å². The molecule has 0 amide bonds. The highest BCUT2D eigenvalue weighted by Gasteiger charge is 2.32. The van der Waals surface area contributed by atoms with E-state index < -0.39 is 0 Å². The molecule has 60 heavy (non-hydrogen) atoms. The van der Waals surface area contributed by atoms with E-state index in [1.807, 2.05) is 0 Å². The zero-order valence-corrected chi connectivity index (χ0v) is 36.4. The Morgan fingerprint density at radius 1 is 0.417 bits per heavy atom. The third kappa shape index (κ3) is 5.27. The summed E-state index contributed by atoms with van der Waals surface area (Å²) in [5, 5.41) is 4.94. The van der Waals surface area contributed by atoms with E-state index >= 15 is 0 Å². The van der Waals surface area contributed by atoms with Crippen molar-refractivity contribution in [3.63, 3.8) is 0 Å². The van der Waals surface area contributed by atoms with Gasteiger partial charge in [0.15, 0.2) is 24.8 Å². The van der Waals surface area contributed by atoms with Gasteiger partial charge in [-0.3, -0.25) is 0 Å². The Morgan fingerprint density at radius 2 is 1.02 bits per heavy atom. The van der Waals surface area contributed by atoms with Gasteiger partial charge in [0.25, 0.3) is 0 Å². The fourth-order valence-electron chi connectivity index (χ4n) is 10.1. The summed E-state index contributed by atoms with van der Waals surface area (Å²) in [6.45, 7) is 0. The van der Waals surface area contributed by atoms with E-state index in [4.69, 9.17) is 19.4 Å². The Labute approximate surface area is 362 Å². The molecule has 3 aromatic heterocycles. The summed E-state index contributed by atoms with van der Waals surface area (Å²) in [4.78, 5) is 16.2. The molecule has 15 heteroatoms. The van der Waals surface area contributed by atoms with Crippen molar-refractivity contribution in [1.29, 1.82) is 0 Å². The van der Waals surface area contributed by atoms with Crippen molar-refractivity contribution in [2.24, 2.45) is 0 Å². The van der Waals surface area contributed by atoms with E-state index in [1.54, 1.807) is 11.3 Å². The highest BCUT2D eigenvalue weighted by molar-refractivity contribution is 7.26. The lowest BCUT2D eigenvalue weighted by molar-refractivity contribution is 0.674. The predicted octanol–water partition coefficient (Wildman–Crippen LogP) is -5.50. The number of fused-ring (bicyclic) bond motifs is 5. The molecule has 0 fully saturated rings. The lowest BCUT2D eigenvalue weighted by atomic mass is 9.50. The van der Waals surface area contributed by atoms with Crippen LogP contribution in [0.2, 0.25) is 0 Å². The van der Waals surface area contributed by atoms with Gasteiger partial charge in [-0.1, -0.05) is 123 Å². The molecule has 0 spiro atoms.